The molecule has 0 spiro atoms. The number of ether oxygens (including phenoxy) is 1. The van der Waals surface area contributed by atoms with E-state index in [-0.39, 0.29) is 12.0 Å². The van der Waals surface area contributed by atoms with Gasteiger partial charge in [-0.2, -0.15) is 0 Å². The van der Waals surface area contributed by atoms with Gasteiger partial charge in [-0.3, -0.25) is 9.78 Å². The van der Waals surface area contributed by atoms with Crippen LogP contribution in [0.1, 0.15) is 58.8 Å². The van der Waals surface area contributed by atoms with Gasteiger partial charge in [0.2, 0.25) is 0 Å². The van der Waals surface area contributed by atoms with Gasteiger partial charge in [0.25, 0.3) is 0 Å². The molecule has 2 aliphatic rings. The summed E-state index contributed by atoms with van der Waals surface area (Å²) in [5.74, 6) is -0.0248. The number of amides is 1. The maximum absolute atomic E-state index is 12.7. The molecule has 2 fully saturated rings. The van der Waals surface area contributed by atoms with Crippen molar-refractivity contribution in [1.29, 1.82) is 0 Å². The summed E-state index contributed by atoms with van der Waals surface area (Å²) in [6.07, 6.45) is 9.54. The SMILES string of the molecule is CN(C[C@H]1CC[C@H](C(=O)O)CC1)C(=O)OC(C)(C)CC1CCN(c2ccncc2)CC1. The maximum Gasteiger partial charge on any atom is 0.410 e. The summed E-state index contributed by atoms with van der Waals surface area (Å²) < 4.78 is 5.89. The molecular formula is C24H37N3O4. The molecular weight excluding hydrogens is 394 g/mol. The fourth-order valence-corrected chi connectivity index (χ4v) is 5.06. The number of pyridine rings is 1. The first kappa shape index (κ1) is 23.4. The van der Waals surface area contributed by atoms with Crippen LogP contribution in [0.25, 0.3) is 0 Å². The van der Waals surface area contributed by atoms with E-state index in [0.29, 0.717) is 31.2 Å². The van der Waals surface area contributed by atoms with Crippen molar-refractivity contribution in [3.05, 3.63) is 24.5 Å². The summed E-state index contributed by atoms with van der Waals surface area (Å²) in [6, 6.07) is 4.10. The predicted octanol–water partition coefficient (Wildman–Crippen LogP) is 4.43. The van der Waals surface area contributed by atoms with Crippen molar-refractivity contribution in [3.63, 3.8) is 0 Å². The molecule has 0 unspecified atom stereocenters. The van der Waals surface area contributed by atoms with Crippen molar-refractivity contribution in [2.45, 2.75) is 64.4 Å². The number of carboxylic acid groups (broad SMARTS) is 1. The Bertz CT molecular complexity index is 724. The maximum atomic E-state index is 12.7. The van der Waals surface area contributed by atoms with E-state index in [1.165, 1.54) is 5.69 Å². The monoisotopic (exact) mass is 431 g/mol. The molecule has 1 saturated heterocycles. The number of carbonyl (C=O) groups is 2. The lowest BCUT2D eigenvalue weighted by molar-refractivity contribution is -0.143. The van der Waals surface area contributed by atoms with Crippen LogP contribution in [0.4, 0.5) is 10.5 Å². The molecule has 0 atom stereocenters. The number of aromatic nitrogens is 1. The molecule has 7 heteroatoms. The highest BCUT2D eigenvalue weighted by molar-refractivity contribution is 5.70. The third kappa shape index (κ3) is 6.84. The summed E-state index contributed by atoms with van der Waals surface area (Å²) in [7, 11) is 1.79. The second-order valence-corrected chi connectivity index (χ2v) is 9.90. The summed E-state index contributed by atoms with van der Waals surface area (Å²) in [4.78, 5) is 31.9. The van der Waals surface area contributed by atoms with E-state index in [1.54, 1.807) is 11.9 Å². The minimum Gasteiger partial charge on any atom is -0.481 e. The normalized spacial score (nSPS) is 22.7. The molecule has 1 aromatic rings. The molecule has 7 nitrogen and oxygen atoms in total. The Labute approximate surface area is 185 Å². The van der Waals surface area contributed by atoms with Crippen molar-refractivity contribution in [2.75, 3.05) is 31.6 Å². The molecule has 3 rings (SSSR count). The van der Waals surface area contributed by atoms with Gasteiger partial charge in [-0.25, -0.2) is 4.79 Å². The van der Waals surface area contributed by atoms with Gasteiger partial charge in [-0.1, -0.05) is 0 Å². The molecule has 1 amide bonds. The van der Waals surface area contributed by atoms with Gasteiger partial charge in [0.1, 0.15) is 5.60 Å². The quantitative estimate of drug-likeness (QED) is 0.688. The van der Waals surface area contributed by atoms with Gasteiger partial charge in [-0.15, -0.1) is 0 Å². The van der Waals surface area contributed by atoms with Gasteiger partial charge >= 0.3 is 12.1 Å². The number of nitrogens with zero attached hydrogens (tertiary/aromatic N) is 3. The van der Waals surface area contributed by atoms with Gasteiger partial charge in [0.05, 0.1) is 5.92 Å². The summed E-state index contributed by atoms with van der Waals surface area (Å²) in [5, 5.41) is 9.14. The van der Waals surface area contributed by atoms with Gasteiger partial charge in [0.15, 0.2) is 0 Å². The topological polar surface area (TPSA) is 83.0 Å². The minimum absolute atomic E-state index is 0.225. The highest BCUT2D eigenvalue weighted by Crippen LogP contribution is 2.32. The second kappa shape index (κ2) is 10.3. The number of anilines is 1. The zero-order valence-electron chi connectivity index (χ0n) is 19.1. The molecule has 1 aliphatic carbocycles. The van der Waals surface area contributed by atoms with E-state index in [0.717, 1.165) is 45.2 Å². The Morgan fingerprint density at radius 2 is 1.71 bits per heavy atom. The number of carbonyl (C=O) groups excluding carboxylic acids is 1. The zero-order valence-corrected chi connectivity index (χ0v) is 19.1. The smallest absolute Gasteiger partial charge is 0.410 e. The van der Waals surface area contributed by atoms with Crippen LogP contribution in [0.2, 0.25) is 0 Å². The standard InChI is InChI=1S/C24H37N3O4/c1-24(2,16-18-10-14-27(15-11-18)21-8-12-25-13-9-21)31-23(30)26(3)17-19-4-6-20(7-5-19)22(28)29/h8-9,12-13,18-20H,4-7,10-11,14-17H2,1-3H3,(H,28,29)/t19-,20-. The van der Waals surface area contributed by atoms with E-state index in [2.05, 4.69) is 22.0 Å². The first-order valence-electron chi connectivity index (χ1n) is 11.6. The zero-order chi connectivity index (χ0) is 22.4. The number of hydrogen-bond donors (Lipinski definition) is 1. The summed E-state index contributed by atoms with van der Waals surface area (Å²) in [5.41, 5.74) is 0.716. The summed E-state index contributed by atoms with van der Waals surface area (Å²) in [6.45, 7) is 6.67. The first-order chi connectivity index (χ1) is 14.7. The van der Waals surface area contributed by atoms with Gasteiger partial charge in [-0.05, 0) is 82.8 Å². The Kier molecular flexibility index (Phi) is 7.79. The largest absolute Gasteiger partial charge is 0.481 e. The average molecular weight is 432 g/mol. The van der Waals surface area contributed by atoms with E-state index in [4.69, 9.17) is 9.84 Å². The van der Waals surface area contributed by atoms with Crippen LogP contribution in [0.3, 0.4) is 0 Å². The van der Waals surface area contributed by atoms with Gasteiger partial charge < -0.3 is 19.6 Å². The van der Waals surface area contributed by atoms with Crippen LogP contribution in [-0.2, 0) is 9.53 Å². The van der Waals surface area contributed by atoms with Crippen LogP contribution >= 0.6 is 0 Å². The van der Waals surface area contributed by atoms with E-state index in [1.807, 2.05) is 26.2 Å². The van der Waals surface area contributed by atoms with E-state index < -0.39 is 11.6 Å². The number of carboxylic acids is 1. The van der Waals surface area contributed by atoms with Crippen molar-refractivity contribution < 1.29 is 19.4 Å². The molecule has 0 aromatic carbocycles. The summed E-state index contributed by atoms with van der Waals surface area (Å²) >= 11 is 0. The number of piperidine rings is 1. The number of rotatable bonds is 7. The molecule has 0 radical (unpaired) electrons. The van der Waals surface area contributed by atoms with Crippen molar-refractivity contribution in [3.8, 4) is 0 Å². The highest BCUT2D eigenvalue weighted by atomic mass is 16.6. The lowest BCUT2D eigenvalue weighted by Gasteiger charge is -2.37. The molecule has 2 heterocycles. The lowest BCUT2D eigenvalue weighted by atomic mass is 9.82. The van der Waals surface area contributed by atoms with Crippen LogP contribution in [0, 0.1) is 17.8 Å². The number of aliphatic carboxylic acids is 1. The first-order valence-corrected chi connectivity index (χ1v) is 11.6. The van der Waals surface area contributed by atoms with Crippen molar-refractivity contribution in [2.24, 2.45) is 17.8 Å². The second-order valence-electron chi connectivity index (χ2n) is 9.90. The Morgan fingerprint density at radius 3 is 2.29 bits per heavy atom. The Hall–Kier alpha value is -2.31. The average Bonchev–Trinajstić information content (AvgIpc) is 2.74. The molecule has 1 N–H and O–H groups in total. The fourth-order valence-electron chi connectivity index (χ4n) is 5.06. The van der Waals surface area contributed by atoms with Crippen LogP contribution in [-0.4, -0.2) is 59.3 Å². The Morgan fingerprint density at radius 1 is 1.10 bits per heavy atom. The number of hydrogen-bond acceptors (Lipinski definition) is 5. The van der Waals surface area contributed by atoms with Crippen molar-refractivity contribution in [1.82, 2.24) is 9.88 Å². The molecule has 1 aliphatic heterocycles. The van der Waals surface area contributed by atoms with Gasteiger partial charge in [0, 0.05) is 44.8 Å². The van der Waals surface area contributed by atoms with Crippen LogP contribution in [0.15, 0.2) is 24.5 Å². The fraction of sp³-hybridized carbons (Fsp3) is 0.708. The molecule has 1 saturated carbocycles. The van der Waals surface area contributed by atoms with E-state index >= 15 is 0 Å². The minimum atomic E-state index is -0.695. The highest BCUT2D eigenvalue weighted by Gasteiger charge is 2.32. The molecule has 31 heavy (non-hydrogen) atoms. The van der Waals surface area contributed by atoms with E-state index in [9.17, 15) is 9.59 Å². The predicted molar refractivity (Wildman–Crippen MR) is 120 cm³/mol. The third-order valence-electron chi connectivity index (χ3n) is 6.83. The third-order valence-corrected chi connectivity index (χ3v) is 6.83. The Balaban J connectivity index is 1.40. The van der Waals surface area contributed by atoms with Crippen LogP contribution < -0.4 is 4.90 Å². The molecule has 1 aromatic heterocycles. The lowest BCUT2D eigenvalue weighted by Crippen LogP contribution is -2.41. The van der Waals surface area contributed by atoms with Crippen LogP contribution in [0.5, 0.6) is 0 Å². The molecule has 172 valence electrons. The van der Waals surface area contributed by atoms with Crippen molar-refractivity contribution >= 4 is 17.7 Å². The molecule has 0 bridgehead atoms.